The van der Waals surface area contributed by atoms with Gasteiger partial charge in [-0.2, -0.15) is 11.8 Å². The fraction of sp³-hybridized carbons (Fsp3) is 0.818. The second kappa shape index (κ2) is 5.16. The number of carboxylic acid groups (broad SMARTS) is 1. The predicted molar refractivity (Wildman–Crippen MR) is 66.2 cm³/mol. The van der Waals surface area contributed by atoms with Crippen molar-refractivity contribution in [1.29, 1.82) is 0 Å². The van der Waals surface area contributed by atoms with Crippen molar-refractivity contribution in [2.24, 2.45) is 5.41 Å². The van der Waals surface area contributed by atoms with Crippen LogP contribution >= 0.6 is 11.8 Å². The minimum atomic E-state index is -0.779. The fourth-order valence-corrected chi connectivity index (χ4v) is 3.10. The fourth-order valence-electron chi connectivity index (χ4n) is 2.19. The Balaban J connectivity index is 1.80. The summed E-state index contributed by atoms with van der Waals surface area (Å²) in [4.78, 5) is 24.7. The molecule has 2 fully saturated rings. The van der Waals surface area contributed by atoms with Crippen LogP contribution in [0.25, 0.3) is 0 Å². The molecule has 1 heterocycles. The summed E-state index contributed by atoms with van der Waals surface area (Å²) in [6.45, 7) is 1.79. The van der Waals surface area contributed by atoms with E-state index in [1.165, 1.54) is 0 Å². The Hall–Kier alpha value is -0.910. The van der Waals surface area contributed by atoms with Crippen molar-refractivity contribution in [1.82, 2.24) is 10.2 Å². The van der Waals surface area contributed by atoms with Gasteiger partial charge in [-0.05, 0) is 12.8 Å². The highest BCUT2D eigenvalue weighted by molar-refractivity contribution is 7.99. The molecule has 1 saturated carbocycles. The molecule has 0 bridgehead atoms. The molecule has 0 unspecified atom stereocenters. The lowest BCUT2D eigenvalue weighted by molar-refractivity contribution is -0.153. The third-order valence-electron chi connectivity index (χ3n) is 3.64. The number of nitrogens with zero attached hydrogens (tertiary/aromatic N) is 1. The van der Waals surface area contributed by atoms with Gasteiger partial charge in [-0.25, -0.2) is 4.79 Å². The first-order chi connectivity index (χ1) is 8.14. The third kappa shape index (κ3) is 2.68. The number of carbonyl (C=O) groups is 2. The Bertz CT molecular complexity index is 312. The van der Waals surface area contributed by atoms with Gasteiger partial charge in [-0.15, -0.1) is 0 Å². The Morgan fingerprint density at radius 3 is 2.41 bits per heavy atom. The van der Waals surface area contributed by atoms with Gasteiger partial charge in [0.05, 0.1) is 5.41 Å². The molecular weight excluding hydrogens is 240 g/mol. The van der Waals surface area contributed by atoms with E-state index in [9.17, 15) is 9.59 Å². The number of hydrogen-bond donors (Lipinski definition) is 2. The van der Waals surface area contributed by atoms with Crippen molar-refractivity contribution in [2.45, 2.75) is 19.3 Å². The van der Waals surface area contributed by atoms with Gasteiger partial charge in [0.25, 0.3) is 0 Å². The highest BCUT2D eigenvalue weighted by Crippen LogP contribution is 2.40. The van der Waals surface area contributed by atoms with E-state index in [4.69, 9.17) is 5.11 Å². The van der Waals surface area contributed by atoms with E-state index in [1.807, 2.05) is 11.8 Å². The Morgan fingerprint density at radius 1 is 1.29 bits per heavy atom. The van der Waals surface area contributed by atoms with Crippen LogP contribution in [0.4, 0.5) is 4.79 Å². The number of urea groups is 1. The van der Waals surface area contributed by atoms with Crippen molar-refractivity contribution in [3.8, 4) is 0 Å². The maximum Gasteiger partial charge on any atom is 0.317 e. The van der Waals surface area contributed by atoms with Gasteiger partial charge in [0.15, 0.2) is 0 Å². The van der Waals surface area contributed by atoms with E-state index < -0.39 is 11.4 Å². The molecule has 2 amide bonds. The zero-order chi connectivity index (χ0) is 12.3. The number of hydrogen-bond acceptors (Lipinski definition) is 3. The standard InChI is InChI=1S/C11H18N2O3S/c14-9(15)11(2-1-3-11)8-12-10(16)13-4-6-17-7-5-13/h1-8H2,(H,12,16)(H,14,15). The zero-order valence-electron chi connectivity index (χ0n) is 9.78. The second-order valence-corrected chi connectivity index (χ2v) is 5.92. The van der Waals surface area contributed by atoms with E-state index in [0.717, 1.165) is 31.0 Å². The van der Waals surface area contributed by atoms with Gasteiger partial charge in [0, 0.05) is 31.1 Å². The van der Waals surface area contributed by atoms with Crippen LogP contribution in [0.15, 0.2) is 0 Å². The molecule has 0 spiro atoms. The lowest BCUT2D eigenvalue weighted by Crippen LogP contribution is -2.51. The smallest absolute Gasteiger partial charge is 0.317 e. The summed E-state index contributed by atoms with van der Waals surface area (Å²) < 4.78 is 0. The van der Waals surface area contributed by atoms with E-state index >= 15 is 0 Å². The van der Waals surface area contributed by atoms with Crippen molar-refractivity contribution in [3.05, 3.63) is 0 Å². The Morgan fingerprint density at radius 2 is 1.94 bits per heavy atom. The minimum absolute atomic E-state index is 0.113. The summed E-state index contributed by atoms with van der Waals surface area (Å²) in [7, 11) is 0. The molecule has 96 valence electrons. The van der Waals surface area contributed by atoms with Crippen molar-refractivity contribution < 1.29 is 14.7 Å². The lowest BCUT2D eigenvalue weighted by atomic mass is 9.69. The molecule has 2 N–H and O–H groups in total. The first-order valence-electron chi connectivity index (χ1n) is 5.98. The molecule has 6 heteroatoms. The van der Waals surface area contributed by atoms with Crippen LogP contribution in [0.5, 0.6) is 0 Å². The van der Waals surface area contributed by atoms with Crippen LogP contribution in [0.3, 0.4) is 0 Å². The SMILES string of the molecule is O=C(NCC1(C(=O)O)CCC1)N1CCSCC1. The number of carboxylic acids is 1. The number of rotatable bonds is 3. The molecule has 17 heavy (non-hydrogen) atoms. The van der Waals surface area contributed by atoms with Crippen LogP contribution in [0.1, 0.15) is 19.3 Å². The van der Waals surface area contributed by atoms with Crippen molar-refractivity contribution >= 4 is 23.8 Å². The van der Waals surface area contributed by atoms with Crippen LogP contribution in [-0.4, -0.2) is 53.1 Å². The first kappa shape index (κ1) is 12.5. The third-order valence-corrected chi connectivity index (χ3v) is 4.58. The topological polar surface area (TPSA) is 69.6 Å². The lowest BCUT2D eigenvalue weighted by Gasteiger charge is -2.38. The molecular formula is C11H18N2O3S. The quantitative estimate of drug-likeness (QED) is 0.792. The molecule has 5 nitrogen and oxygen atoms in total. The number of carbonyl (C=O) groups excluding carboxylic acids is 1. The normalized spacial score (nSPS) is 22.7. The van der Waals surface area contributed by atoms with Gasteiger partial charge in [-0.1, -0.05) is 6.42 Å². The summed E-state index contributed by atoms with van der Waals surface area (Å²) in [5.41, 5.74) is -0.694. The van der Waals surface area contributed by atoms with Crippen molar-refractivity contribution in [3.63, 3.8) is 0 Å². The molecule has 0 aromatic heterocycles. The molecule has 0 aromatic rings. The maximum absolute atomic E-state index is 11.8. The Labute approximate surface area is 105 Å². The average Bonchev–Trinajstić information content (AvgIpc) is 2.28. The zero-order valence-corrected chi connectivity index (χ0v) is 10.6. The number of nitrogens with one attached hydrogen (secondary N) is 1. The largest absolute Gasteiger partial charge is 0.481 e. The summed E-state index contributed by atoms with van der Waals surface area (Å²) in [6, 6.07) is -0.113. The van der Waals surface area contributed by atoms with Crippen LogP contribution in [0.2, 0.25) is 0 Å². The highest BCUT2D eigenvalue weighted by Gasteiger charge is 2.44. The summed E-state index contributed by atoms with van der Waals surface area (Å²) in [5, 5.41) is 11.9. The van der Waals surface area contributed by atoms with Gasteiger partial charge in [0.1, 0.15) is 0 Å². The van der Waals surface area contributed by atoms with Gasteiger partial charge in [-0.3, -0.25) is 4.79 Å². The number of aliphatic carboxylic acids is 1. The first-order valence-corrected chi connectivity index (χ1v) is 7.13. The van der Waals surface area contributed by atoms with Crippen LogP contribution in [0, 0.1) is 5.41 Å². The van der Waals surface area contributed by atoms with Crippen molar-refractivity contribution in [2.75, 3.05) is 31.1 Å². The average molecular weight is 258 g/mol. The van der Waals surface area contributed by atoms with Gasteiger partial charge < -0.3 is 15.3 Å². The molecule has 0 radical (unpaired) electrons. The molecule has 0 atom stereocenters. The molecule has 1 saturated heterocycles. The monoisotopic (exact) mass is 258 g/mol. The van der Waals surface area contributed by atoms with E-state index in [2.05, 4.69) is 5.32 Å². The minimum Gasteiger partial charge on any atom is -0.481 e. The highest BCUT2D eigenvalue weighted by atomic mass is 32.2. The molecule has 1 aliphatic carbocycles. The van der Waals surface area contributed by atoms with Gasteiger partial charge >= 0.3 is 12.0 Å². The molecule has 2 rings (SSSR count). The van der Waals surface area contributed by atoms with Crippen LogP contribution < -0.4 is 5.32 Å². The van der Waals surface area contributed by atoms with E-state index in [1.54, 1.807) is 4.90 Å². The summed E-state index contributed by atoms with van der Waals surface area (Å²) >= 11 is 1.84. The van der Waals surface area contributed by atoms with E-state index in [0.29, 0.717) is 12.8 Å². The second-order valence-electron chi connectivity index (χ2n) is 4.70. The molecule has 1 aliphatic heterocycles. The molecule has 2 aliphatic rings. The number of thioether (sulfide) groups is 1. The maximum atomic E-state index is 11.8. The predicted octanol–water partition coefficient (Wildman–Crippen LogP) is 1.000. The number of amides is 2. The van der Waals surface area contributed by atoms with Gasteiger partial charge in [0.2, 0.25) is 0 Å². The summed E-state index contributed by atoms with van der Waals surface area (Å²) in [6.07, 6.45) is 2.31. The molecule has 0 aromatic carbocycles. The van der Waals surface area contributed by atoms with Crippen LogP contribution in [-0.2, 0) is 4.79 Å². The Kier molecular flexibility index (Phi) is 3.81. The summed E-state index contributed by atoms with van der Waals surface area (Å²) in [5.74, 6) is 1.16. The van der Waals surface area contributed by atoms with E-state index in [-0.39, 0.29) is 12.6 Å².